The van der Waals surface area contributed by atoms with Crippen LogP contribution in [0.25, 0.3) is 0 Å². The summed E-state index contributed by atoms with van der Waals surface area (Å²) >= 11 is 0. The maximum Gasteiger partial charge on any atom is 0.407 e. The molecule has 6 rings (SSSR count). The van der Waals surface area contributed by atoms with Crippen LogP contribution in [0.4, 0.5) is 4.79 Å². The first-order valence-corrected chi connectivity index (χ1v) is 23.7. The number of esters is 2. The van der Waals surface area contributed by atoms with E-state index < -0.39 is 6.09 Å². The van der Waals surface area contributed by atoms with Gasteiger partial charge in [0.15, 0.2) is 0 Å². The smallest absolute Gasteiger partial charge is 0.407 e. The molecule has 1 N–H and O–H groups in total. The SMILES string of the molecule is CCOC(=O)NCCOc1ccc(C[C@H]2CCCC[C@@H]2OC(=O)CCC(=O)O[C@H]2CC[C@@]3(C)C(=CC[C@H]4[C@@H]5CC[C@H]([C@H](C)/C=C/[C@@H](CC)C(C)C)[C@@]5(C)CC[C@@H]43)C2)cc1. The average Bonchev–Trinajstić information content (AvgIpc) is 3.58. The third kappa shape index (κ3) is 11.0. The van der Waals surface area contributed by atoms with Crippen molar-refractivity contribution in [2.24, 2.45) is 58.2 Å². The first-order valence-electron chi connectivity index (χ1n) is 23.7. The highest BCUT2D eigenvalue weighted by Crippen LogP contribution is 2.67. The summed E-state index contributed by atoms with van der Waals surface area (Å²) in [4.78, 5) is 37.7. The monoisotopic (exact) mass is 816 g/mol. The Kier molecular flexibility index (Phi) is 15.7. The first kappa shape index (κ1) is 45.2. The molecule has 5 aliphatic carbocycles. The maximum absolute atomic E-state index is 13.1. The summed E-state index contributed by atoms with van der Waals surface area (Å²) in [7, 11) is 0. The standard InChI is InChI=1S/C51H77NO7/c1-8-37(34(3)4)17-14-35(5)43-22-23-44-42-21-18-39-33-41(26-28-50(39,6)45(42)27-29-51(43,44)7)58-47(53)24-25-48(54)59-46-13-11-10-12-38(46)32-36-15-19-40(20-16-36)57-31-30-52-49(55)56-9-2/h14-20,34-35,37-38,41-46H,8-13,21-33H2,1-7H3,(H,52,55)/b17-14+/t35-,37-,38-,41+,42+,43-,44+,45+,46+,50+,51-/m1/s1. The van der Waals surface area contributed by atoms with Crippen LogP contribution in [0.2, 0.25) is 0 Å². The number of nitrogens with one attached hydrogen (secondary N) is 1. The number of fused-ring (bicyclic) bond motifs is 5. The summed E-state index contributed by atoms with van der Waals surface area (Å²) in [5, 5.41) is 2.65. The van der Waals surface area contributed by atoms with Gasteiger partial charge in [-0.1, -0.05) is 83.9 Å². The van der Waals surface area contributed by atoms with Crippen LogP contribution in [0.1, 0.15) is 150 Å². The van der Waals surface area contributed by atoms with Gasteiger partial charge in [-0.05, 0) is 160 Å². The average molecular weight is 816 g/mol. The lowest BCUT2D eigenvalue weighted by atomic mass is 9.47. The van der Waals surface area contributed by atoms with Crippen LogP contribution < -0.4 is 10.1 Å². The van der Waals surface area contributed by atoms with Crippen molar-refractivity contribution < 1.29 is 33.3 Å². The van der Waals surface area contributed by atoms with E-state index in [1.165, 1.54) is 49.7 Å². The molecule has 59 heavy (non-hydrogen) atoms. The van der Waals surface area contributed by atoms with Gasteiger partial charge >= 0.3 is 18.0 Å². The molecule has 0 aromatic heterocycles. The van der Waals surface area contributed by atoms with E-state index >= 15 is 0 Å². The van der Waals surface area contributed by atoms with E-state index in [2.05, 4.69) is 77.2 Å². The molecule has 8 heteroatoms. The molecular weight excluding hydrogens is 739 g/mol. The topological polar surface area (TPSA) is 100 Å². The molecule has 0 saturated heterocycles. The van der Waals surface area contributed by atoms with Crippen molar-refractivity contribution in [3.63, 3.8) is 0 Å². The number of hydrogen-bond donors (Lipinski definition) is 1. The molecule has 0 spiro atoms. The third-order valence-corrected chi connectivity index (χ3v) is 16.0. The van der Waals surface area contributed by atoms with Gasteiger partial charge < -0.3 is 24.3 Å². The lowest BCUT2D eigenvalue weighted by molar-refractivity contribution is -0.159. The van der Waals surface area contributed by atoms with Crippen molar-refractivity contribution in [2.45, 2.75) is 163 Å². The molecule has 328 valence electrons. The van der Waals surface area contributed by atoms with E-state index in [0.29, 0.717) is 42.9 Å². The molecule has 4 fully saturated rings. The Morgan fingerprint density at radius 1 is 0.864 bits per heavy atom. The van der Waals surface area contributed by atoms with E-state index in [4.69, 9.17) is 18.9 Å². The first-order chi connectivity index (χ1) is 28.3. The van der Waals surface area contributed by atoms with Gasteiger partial charge in [0.05, 0.1) is 26.0 Å². The number of rotatable bonds is 17. The van der Waals surface area contributed by atoms with Gasteiger partial charge in [0, 0.05) is 6.42 Å². The van der Waals surface area contributed by atoms with Gasteiger partial charge in [-0.3, -0.25) is 9.59 Å². The van der Waals surface area contributed by atoms with E-state index in [1.54, 1.807) is 6.92 Å². The van der Waals surface area contributed by atoms with Crippen molar-refractivity contribution in [3.05, 3.63) is 53.6 Å². The fourth-order valence-corrected chi connectivity index (χ4v) is 12.7. The molecule has 0 radical (unpaired) electrons. The molecule has 1 aromatic carbocycles. The van der Waals surface area contributed by atoms with Gasteiger partial charge in [0.25, 0.3) is 0 Å². The van der Waals surface area contributed by atoms with Crippen molar-refractivity contribution in [2.75, 3.05) is 19.8 Å². The second-order valence-electron chi connectivity index (χ2n) is 19.8. The fourth-order valence-electron chi connectivity index (χ4n) is 12.7. The number of amides is 1. The summed E-state index contributed by atoms with van der Waals surface area (Å²) in [6.07, 6.45) is 22.5. The van der Waals surface area contributed by atoms with Crippen molar-refractivity contribution >= 4 is 18.0 Å². The summed E-state index contributed by atoms with van der Waals surface area (Å²) in [5.74, 6) is 5.45. The van der Waals surface area contributed by atoms with Gasteiger partial charge in [0.2, 0.25) is 0 Å². The minimum Gasteiger partial charge on any atom is -0.492 e. The van der Waals surface area contributed by atoms with E-state index in [1.807, 2.05) is 12.1 Å². The number of ether oxygens (including phenoxy) is 4. The lowest BCUT2D eigenvalue weighted by Gasteiger charge is -2.58. The number of carbonyl (C=O) groups excluding carboxylic acids is 3. The number of benzene rings is 1. The molecule has 0 aliphatic heterocycles. The van der Waals surface area contributed by atoms with Crippen LogP contribution >= 0.6 is 0 Å². The second kappa shape index (κ2) is 20.5. The Hall–Kier alpha value is -3.29. The van der Waals surface area contributed by atoms with Gasteiger partial charge in [-0.25, -0.2) is 4.79 Å². The van der Waals surface area contributed by atoms with Crippen LogP contribution in [-0.2, 0) is 30.2 Å². The predicted octanol–water partition coefficient (Wildman–Crippen LogP) is 11.6. The molecule has 8 nitrogen and oxygen atoms in total. The molecule has 1 amide bonds. The highest BCUT2D eigenvalue weighted by Gasteiger charge is 2.59. The number of hydrogen-bond acceptors (Lipinski definition) is 7. The van der Waals surface area contributed by atoms with Crippen LogP contribution in [0.5, 0.6) is 5.75 Å². The lowest BCUT2D eigenvalue weighted by Crippen LogP contribution is -2.51. The quantitative estimate of drug-likeness (QED) is 0.0723. The Morgan fingerprint density at radius 3 is 2.34 bits per heavy atom. The van der Waals surface area contributed by atoms with Gasteiger partial charge in [-0.2, -0.15) is 0 Å². The Balaban J connectivity index is 0.940. The summed E-state index contributed by atoms with van der Waals surface area (Å²) in [6, 6.07) is 7.99. The van der Waals surface area contributed by atoms with E-state index in [0.717, 1.165) is 80.8 Å². The fraction of sp³-hybridized carbons (Fsp3) is 0.745. The molecule has 4 saturated carbocycles. The summed E-state index contributed by atoms with van der Waals surface area (Å²) < 4.78 is 22.7. The predicted molar refractivity (Wildman–Crippen MR) is 234 cm³/mol. The minimum atomic E-state index is -0.444. The van der Waals surface area contributed by atoms with Crippen LogP contribution in [0.3, 0.4) is 0 Å². The minimum absolute atomic E-state index is 0.0580. The number of alkyl carbamates (subject to hydrolysis) is 1. The van der Waals surface area contributed by atoms with Crippen molar-refractivity contribution in [1.82, 2.24) is 5.32 Å². The number of carbonyl (C=O) groups is 3. The summed E-state index contributed by atoms with van der Waals surface area (Å²) in [5.41, 5.74) is 3.31. The zero-order chi connectivity index (χ0) is 42.2. The zero-order valence-corrected chi connectivity index (χ0v) is 37.6. The normalized spacial score (nSPS) is 32.5. The zero-order valence-electron chi connectivity index (χ0n) is 37.6. The molecule has 1 aromatic rings. The van der Waals surface area contributed by atoms with Crippen molar-refractivity contribution in [3.8, 4) is 5.75 Å². The molecule has 5 aliphatic rings. The Labute approximate surface area is 356 Å². The molecule has 0 bridgehead atoms. The van der Waals surface area contributed by atoms with Crippen LogP contribution in [0, 0.1) is 58.2 Å². The summed E-state index contributed by atoms with van der Waals surface area (Å²) in [6.45, 7) is 17.5. The molecule has 0 unspecified atom stereocenters. The Bertz CT molecular complexity index is 1620. The largest absolute Gasteiger partial charge is 0.492 e. The van der Waals surface area contributed by atoms with E-state index in [9.17, 15) is 14.4 Å². The molecular formula is C51H77NO7. The highest BCUT2D eigenvalue weighted by atomic mass is 16.6. The maximum atomic E-state index is 13.1. The van der Waals surface area contributed by atoms with Crippen LogP contribution in [0.15, 0.2) is 48.1 Å². The van der Waals surface area contributed by atoms with Gasteiger partial charge in [0.1, 0.15) is 24.6 Å². The van der Waals surface area contributed by atoms with E-state index in [-0.39, 0.29) is 48.3 Å². The number of allylic oxidation sites excluding steroid dienone is 3. The molecule has 11 atom stereocenters. The highest BCUT2D eigenvalue weighted by molar-refractivity contribution is 5.77. The second-order valence-corrected chi connectivity index (χ2v) is 19.8. The van der Waals surface area contributed by atoms with Crippen molar-refractivity contribution in [1.29, 1.82) is 0 Å². The van der Waals surface area contributed by atoms with Gasteiger partial charge in [-0.15, -0.1) is 0 Å². The van der Waals surface area contributed by atoms with Crippen LogP contribution in [-0.4, -0.2) is 50.0 Å². The third-order valence-electron chi connectivity index (χ3n) is 16.0. The Morgan fingerprint density at radius 2 is 1.61 bits per heavy atom. The molecule has 0 heterocycles.